The van der Waals surface area contributed by atoms with E-state index in [9.17, 15) is 4.21 Å². The molecule has 0 heterocycles. The highest BCUT2D eigenvalue weighted by Crippen LogP contribution is 2.23. The van der Waals surface area contributed by atoms with Crippen molar-refractivity contribution in [1.82, 2.24) is 0 Å². The molecule has 4 nitrogen and oxygen atoms in total. The highest BCUT2D eigenvalue weighted by Gasteiger charge is 2.03. The lowest BCUT2D eigenvalue weighted by atomic mass is 10.3. The second-order valence-electron chi connectivity index (χ2n) is 3.55. The molecule has 0 saturated carbocycles. The van der Waals surface area contributed by atoms with Crippen molar-refractivity contribution in [3.63, 3.8) is 0 Å². The van der Waals surface area contributed by atoms with Crippen molar-refractivity contribution in [1.29, 1.82) is 0 Å². The van der Waals surface area contributed by atoms with Crippen LogP contribution >= 0.6 is 0 Å². The molecule has 0 fully saturated rings. The van der Waals surface area contributed by atoms with Crippen LogP contribution in [0.2, 0.25) is 0 Å². The molecule has 94 valence electrons. The van der Waals surface area contributed by atoms with Crippen molar-refractivity contribution in [2.45, 2.75) is 4.90 Å². The zero-order valence-electron chi connectivity index (χ0n) is 9.83. The maximum atomic E-state index is 11.4. The molecule has 18 heavy (non-hydrogen) atoms. The summed E-state index contributed by atoms with van der Waals surface area (Å²) in [6.45, 7) is 0. The first kappa shape index (κ1) is 12.6. The maximum absolute atomic E-state index is 11.4. The van der Waals surface area contributed by atoms with Gasteiger partial charge in [-0.3, -0.25) is 4.18 Å². The first-order valence-corrected chi connectivity index (χ1v) is 6.36. The van der Waals surface area contributed by atoms with E-state index >= 15 is 0 Å². The molecule has 2 aromatic rings. The fourth-order valence-corrected chi connectivity index (χ4v) is 1.98. The second-order valence-corrected chi connectivity index (χ2v) is 4.82. The maximum Gasteiger partial charge on any atom is 0.188 e. The monoisotopic (exact) mass is 263 g/mol. The average molecular weight is 263 g/mol. The van der Waals surface area contributed by atoms with Gasteiger partial charge >= 0.3 is 0 Å². The molecule has 2 aromatic carbocycles. The number of ether oxygens (including phenoxy) is 1. The van der Waals surface area contributed by atoms with Crippen LogP contribution in [0.3, 0.4) is 0 Å². The summed E-state index contributed by atoms with van der Waals surface area (Å²) < 4.78 is 21.7. The Kier molecular flexibility index (Phi) is 3.96. The van der Waals surface area contributed by atoms with E-state index < -0.39 is 11.1 Å². The van der Waals surface area contributed by atoms with Crippen LogP contribution in [0.5, 0.6) is 11.5 Å². The van der Waals surface area contributed by atoms with Gasteiger partial charge < -0.3 is 10.5 Å². The number of hydrogen-bond donors (Lipinski definition) is 1. The van der Waals surface area contributed by atoms with Crippen LogP contribution in [0.4, 0.5) is 5.69 Å². The number of nitrogen functional groups attached to an aromatic ring is 1. The molecule has 1 unspecified atom stereocenters. The SMILES string of the molecule is COS(=O)c1ccc(Oc2cccc(N)c2)cc1. The van der Waals surface area contributed by atoms with Crippen LogP contribution < -0.4 is 10.5 Å². The second kappa shape index (κ2) is 5.66. The van der Waals surface area contributed by atoms with Gasteiger partial charge in [-0.15, -0.1) is 0 Å². The summed E-state index contributed by atoms with van der Waals surface area (Å²) in [6, 6.07) is 14.0. The fourth-order valence-electron chi connectivity index (χ4n) is 1.43. The molecule has 0 aliphatic carbocycles. The number of rotatable bonds is 4. The zero-order chi connectivity index (χ0) is 13.0. The van der Waals surface area contributed by atoms with Gasteiger partial charge in [0.05, 0.1) is 12.0 Å². The van der Waals surface area contributed by atoms with Crippen LogP contribution in [0, 0.1) is 0 Å². The Morgan fingerprint density at radius 1 is 1.06 bits per heavy atom. The van der Waals surface area contributed by atoms with Crippen LogP contribution in [-0.2, 0) is 15.3 Å². The van der Waals surface area contributed by atoms with Gasteiger partial charge in [0.15, 0.2) is 11.1 Å². The molecular weight excluding hydrogens is 250 g/mol. The van der Waals surface area contributed by atoms with E-state index in [2.05, 4.69) is 0 Å². The van der Waals surface area contributed by atoms with E-state index in [1.54, 1.807) is 36.4 Å². The number of hydrogen-bond acceptors (Lipinski definition) is 4. The van der Waals surface area contributed by atoms with E-state index in [-0.39, 0.29) is 0 Å². The normalized spacial score (nSPS) is 12.1. The Morgan fingerprint density at radius 3 is 2.39 bits per heavy atom. The van der Waals surface area contributed by atoms with Crippen molar-refractivity contribution >= 4 is 16.8 Å². The summed E-state index contributed by atoms with van der Waals surface area (Å²) >= 11 is -1.42. The molecule has 0 amide bonds. The van der Waals surface area contributed by atoms with Crippen LogP contribution in [0.1, 0.15) is 0 Å². The Morgan fingerprint density at radius 2 is 1.78 bits per heavy atom. The molecule has 0 radical (unpaired) electrons. The first-order chi connectivity index (χ1) is 8.69. The standard InChI is InChI=1S/C13H13NO3S/c1-16-18(15)13-7-5-11(6-8-13)17-12-4-2-3-10(14)9-12/h2-9H,14H2,1H3. The lowest BCUT2D eigenvalue weighted by molar-refractivity contribution is 0.445. The van der Waals surface area contributed by atoms with Gasteiger partial charge in [-0.1, -0.05) is 6.07 Å². The van der Waals surface area contributed by atoms with E-state index in [1.165, 1.54) is 7.11 Å². The highest BCUT2D eigenvalue weighted by molar-refractivity contribution is 7.80. The molecule has 2 N–H and O–H groups in total. The zero-order valence-corrected chi connectivity index (χ0v) is 10.6. The molecule has 0 spiro atoms. The molecule has 0 saturated heterocycles. The Balaban J connectivity index is 2.13. The van der Waals surface area contributed by atoms with E-state index in [0.717, 1.165) is 0 Å². The Hall–Kier alpha value is -1.85. The van der Waals surface area contributed by atoms with Crippen LogP contribution in [0.15, 0.2) is 53.4 Å². The largest absolute Gasteiger partial charge is 0.457 e. The summed E-state index contributed by atoms with van der Waals surface area (Å²) in [5.74, 6) is 1.31. The third kappa shape index (κ3) is 3.09. The van der Waals surface area contributed by atoms with Crippen molar-refractivity contribution in [2.75, 3.05) is 12.8 Å². The summed E-state index contributed by atoms with van der Waals surface area (Å²) in [5, 5.41) is 0. The summed E-state index contributed by atoms with van der Waals surface area (Å²) in [4.78, 5) is 0.595. The number of anilines is 1. The minimum absolute atomic E-state index is 0.595. The van der Waals surface area contributed by atoms with Crippen molar-refractivity contribution in [3.8, 4) is 11.5 Å². The first-order valence-electron chi connectivity index (χ1n) is 5.29. The topological polar surface area (TPSA) is 61.5 Å². The summed E-state index contributed by atoms with van der Waals surface area (Å²) in [6.07, 6.45) is 0. The van der Waals surface area contributed by atoms with Gasteiger partial charge in [0.1, 0.15) is 11.5 Å². The van der Waals surface area contributed by atoms with E-state index in [0.29, 0.717) is 22.1 Å². The van der Waals surface area contributed by atoms with Gasteiger partial charge in [-0.2, -0.15) is 0 Å². The summed E-state index contributed by atoms with van der Waals surface area (Å²) in [5.41, 5.74) is 6.30. The van der Waals surface area contributed by atoms with Crippen LogP contribution in [-0.4, -0.2) is 11.3 Å². The summed E-state index contributed by atoms with van der Waals surface area (Å²) in [7, 11) is 1.40. The van der Waals surface area contributed by atoms with Crippen molar-refractivity contribution in [2.24, 2.45) is 0 Å². The smallest absolute Gasteiger partial charge is 0.188 e. The predicted octanol–water partition coefficient (Wildman–Crippen LogP) is 2.73. The van der Waals surface area contributed by atoms with E-state index in [1.807, 2.05) is 12.1 Å². The quantitative estimate of drug-likeness (QED) is 0.861. The van der Waals surface area contributed by atoms with Gasteiger partial charge in [-0.05, 0) is 36.4 Å². The molecule has 1 atom stereocenters. The number of nitrogens with two attached hydrogens (primary N) is 1. The van der Waals surface area contributed by atoms with Crippen molar-refractivity contribution in [3.05, 3.63) is 48.5 Å². The Labute approximate surface area is 108 Å². The molecule has 5 heteroatoms. The van der Waals surface area contributed by atoms with Gasteiger partial charge in [0.2, 0.25) is 0 Å². The average Bonchev–Trinajstić information content (AvgIpc) is 2.39. The highest BCUT2D eigenvalue weighted by atomic mass is 32.2. The molecule has 0 aliphatic rings. The lowest BCUT2D eigenvalue weighted by Gasteiger charge is -2.06. The molecule has 2 rings (SSSR count). The van der Waals surface area contributed by atoms with Crippen molar-refractivity contribution < 1.29 is 13.1 Å². The van der Waals surface area contributed by atoms with E-state index in [4.69, 9.17) is 14.7 Å². The lowest BCUT2D eigenvalue weighted by Crippen LogP contribution is -1.93. The minimum atomic E-state index is -1.42. The minimum Gasteiger partial charge on any atom is -0.457 e. The number of benzene rings is 2. The third-order valence-corrected chi connectivity index (χ3v) is 3.22. The molecular formula is C13H13NO3S. The fraction of sp³-hybridized carbons (Fsp3) is 0.0769. The molecule has 0 bridgehead atoms. The molecule has 0 aliphatic heterocycles. The Bertz CT molecular complexity index is 554. The van der Waals surface area contributed by atoms with Gasteiger partial charge in [0, 0.05) is 11.8 Å². The van der Waals surface area contributed by atoms with Gasteiger partial charge in [0.25, 0.3) is 0 Å². The third-order valence-electron chi connectivity index (χ3n) is 2.26. The van der Waals surface area contributed by atoms with Crippen LogP contribution in [0.25, 0.3) is 0 Å². The van der Waals surface area contributed by atoms with Gasteiger partial charge in [-0.25, -0.2) is 4.21 Å². The predicted molar refractivity (Wildman–Crippen MR) is 70.8 cm³/mol. The molecule has 0 aromatic heterocycles.